The zero-order chi connectivity index (χ0) is 10.6. The van der Waals surface area contributed by atoms with Crippen LogP contribution in [0.4, 0.5) is 0 Å². The second-order valence-corrected chi connectivity index (χ2v) is 4.68. The van der Waals surface area contributed by atoms with E-state index in [-0.39, 0.29) is 0 Å². The maximum Gasteiger partial charge on any atom is 0.0218 e. The van der Waals surface area contributed by atoms with Crippen molar-refractivity contribution in [2.75, 3.05) is 19.6 Å². The minimum atomic E-state index is 0.663. The van der Waals surface area contributed by atoms with E-state index in [1.807, 2.05) is 6.08 Å². The average Bonchev–Trinajstić information content (AvgIpc) is 2.16. The molecule has 1 aliphatic heterocycles. The second-order valence-electron chi connectivity index (χ2n) is 4.68. The fourth-order valence-electron chi connectivity index (χ4n) is 1.96. The molecule has 0 aromatic carbocycles. The van der Waals surface area contributed by atoms with Crippen LogP contribution in [-0.2, 0) is 0 Å². The second kappa shape index (κ2) is 5.52. The van der Waals surface area contributed by atoms with Gasteiger partial charge in [0.25, 0.3) is 0 Å². The van der Waals surface area contributed by atoms with Gasteiger partial charge < -0.3 is 5.32 Å². The Hall–Kier alpha value is -0.340. The Morgan fingerprint density at radius 1 is 1.57 bits per heavy atom. The van der Waals surface area contributed by atoms with E-state index >= 15 is 0 Å². The number of hydrogen-bond acceptors (Lipinski definition) is 2. The Morgan fingerprint density at radius 3 is 2.86 bits per heavy atom. The number of hydrogen-bond donors (Lipinski definition) is 1. The molecule has 1 N–H and O–H groups in total. The first-order valence-electron chi connectivity index (χ1n) is 5.73. The molecular weight excluding hydrogens is 172 g/mol. The van der Waals surface area contributed by atoms with E-state index in [9.17, 15) is 0 Å². The minimum Gasteiger partial charge on any atom is -0.311 e. The van der Waals surface area contributed by atoms with E-state index < -0.39 is 0 Å². The van der Waals surface area contributed by atoms with Gasteiger partial charge in [-0.25, -0.2) is 0 Å². The van der Waals surface area contributed by atoms with Crippen LogP contribution < -0.4 is 5.32 Å². The first-order chi connectivity index (χ1) is 6.65. The van der Waals surface area contributed by atoms with Gasteiger partial charge in [0.15, 0.2) is 0 Å². The number of rotatable bonds is 4. The van der Waals surface area contributed by atoms with Crippen LogP contribution in [0.2, 0.25) is 0 Å². The monoisotopic (exact) mass is 196 g/mol. The molecular formula is C12H24N2. The van der Waals surface area contributed by atoms with E-state index in [1.165, 1.54) is 6.54 Å². The van der Waals surface area contributed by atoms with Crippen LogP contribution in [-0.4, -0.2) is 36.6 Å². The van der Waals surface area contributed by atoms with E-state index in [4.69, 9.17) is 0 Å². The van der Waals surface area contributed by atoms with Crippen molar-refractivity contribution in [3.8, 4) is 0 Å². The quantitative estimate of drug-likeness (QED) is 0.691. The van der Waals surface area contributed by atoms with Gasteiger partial charge in [-0.3, -0.25) is 4.90 Å². The van der Waals surface area contributed by atoms with Gasteiger partial charge in [0.2, 0.25) is 0 Å². The molecule has 2 heteroatoms. The summed E-state index contributed by atoms with van der Waals surface area (Å²) in [5.74, 6) is 0.730. The summed E-state index contributed by atoms with van der Waals surface area (Å²) in [7, 11) is 0. The van der Waals surface area contributed by atoms with Crippen LogP contribution in [0.5, 0.6) is 0 Å². The summed E-state index contributed by atoms with van der Waals surface area (Å²) in [5.41, 5.74) is 0. The molecule has 0 saturated carbocycles. The third-order valence-corrected chi connectivity index (χ3v) is 3.16. The molecule has 1 aliphatic rings. The lowest BCUT2D eigenvalue weighted by atomic mass is 10.00. The molecule has 0 bridgehead atoms. The Labute approximate surface area is 88.4 Å². The molecule has 2 unspecified atom stereocenters. The molecule has 1 heterocycles. The fraction of sp³-hybridized carbons (Fsp3) is 0.833. The van der Waals surface area contributed by atoms with E-state index in [0.717, 1.165) is 25.4 Å². The first-order valence-corrected chi connectivity index (χ1v) is 5.73. The van der Waals surface area contributed by atoms with Gasteiger partial charge in [-0.05, 0) is 19.3 Å². The highest BCUT2D eigenvalue weighted by Crippen LogP contribution is 2.12. The van der Waals surface area contributed by atoms with Crippen LogP contribution >= 0.6 is 0 Å². The van der Waals surface area contributed by atoms with Crippen LogP contribution in [0.3, 0.4) is 0 Å². The summed E-state index contributed by atoms with van der Waals surface area (Å²) < 4.78 is 0. The average molecular weight is 196 g/mol. The first kappa shape index (κ1) is 11.7. The lowest BCUT2D eigenvalue weighted by Gasteiger charge is -2.40. The Bertz CT molecular complexity index is 177. The lowest BCUT2D eigenvalue weighted by molar-refractivity contribution is 0.125. The third kappa shape index (κ3) is 3.10. The van der Waals surface area contributed by atoms with Gasteiger partial charge in [0.1, 0.15) is 0 Å². The summed E-state index contributed by atoms with van der Waals surface area (Å²) in [5, 5.41) is 3.61. The highest BCUT2D eigenvalue weighted by Gasteiger charge is 2.25. The van der Waals surface area contributed by atoms with Crippen molar-refractivity contribution in [1.29, 1.82) is 0 Å². The minimum absolute atomic E-state index is 0.663. The van der Waals surface area contributed by atoms with Crippen molar-refractivity contribution < 1.29 is 0 Å². The molecule has 0 aliphatic carbocycles. The molecule has 0 spiro atoms. The zero-order valence-electron chi connectivity index (χ0n) is 9.79. The Morgan fingerprint density at radius 2 is 2.29 bits per heavy atom. The molecule has 1 rings (SSSR count). The highest BCUT2D eigenvalue weighted by molar-refractivity contribution is 4.86. The van der Waals surface area contributed by atoms with Gasteiger partial charge in [0.05, 0.1) is 0 Å². The van der Waals surface area contributed by atoms with Crippen LogP contribution in [0, 0.1) is 5.92 Å². The molecule has 1 saturated heterocycles. The maximum absolute atomic E-state index is 3.78. The van der Waals surface area contributed by atoms with Crippen LogP contribution in [0.15, 0.2) is 12.7 Å². The number of nitrogens with one attached hydrogen (secondary N) is 1. The van der Waals surface area contributed by atoms with Gasteiger partial charge in [-0.15, -0.1) is 6.58 Å². The predicted octanol–water partition coefficient (Wildman–Crippen LogP) is 1.88. The molecule has 0 amide bonds. The molecule has 82 valence electrons. The van der Waals surface area contributed by atoms with Crippen molar-refractivity contribution in [3.63, 3.8) is 0 Å². The van der Waals surface area contributed by atoms with Gasteiger partial charge in [-0.2, -0.15) is 0 Å². The fourth-order valence-corrected chi connectivity index (χ4v) is 1.96. The van der Waals surface area contributed by atoms with Gasteiger partial charge in [-0.1, -0.05) is 19.9 Å². The van der Waals surface area contributed by atoms with Crippen LogP contribution in [0.25, 0.3) is 0 Å². The smallest absolute Gasteiger partial charge is 0.0218 e. The Kier molecular flexibility index (Phi) is 4.63. The SMILES string of the molecule is C=CCCN1CC(C(C)C)NCC1C. The van der Waals surface area contributed by atoms with E-state index in [0.29, 0.717) is 12.1 Å². The van der Waals surface area contributed by atoms with Gasteiger partial charge in [0, 0.05) is 31.7 Å². The molecule has 14 heavy (non-hydrogen) atoms. The molecule has 0 radical (unpaired) electrons. The van der Waals surface area contributed by atoms with Crippen molar-refractivity contribution in [3.05, 3.63) is 12.7 Å². The van der Waals surface area contributed by atoms with Gasteiger partial charge >= 0.3 is 0 Å². The highest BCUT2D eigenvalue weighted by atomic mass is 15.2. The summed E-state index contributed by atoms with van der Waals surface area (Å²) >= 11 is 0. The van der Waals surface area contributed by atoms with Crippen molar-refractivity contribution >= 4 is 0 Å². The largest absolute Gasteiger partial charge is 0.311 e. The summed E-state index contributed by atoms with van der Waals surface area (Å²) in [6, 6.07) is 1.33. The molecule has 0 aromatic rings. The number of piperazine rings is 1. The van der Waals surface area contributed by atoms with Crippen molar-refractivity contribution in [1.82, 2.24) is 10.2 Å². The van der Waals surface area contributed by atoms with Crippen molar-refractivity contribution in [2.24, 2.45) is 5.92 Å². The summed E-state index contributed by atoms with van der Waals surface area (Å²) in [6.07, 6.45) is 3.12. The molecule has 0 aromatic heterocycles. The lowest BCUT2D eigenvalue weighted by Crippen LogP contribution is -2.57. The van der Waals surface area contributed by atoms with Crippen LogP contribution in [0.1, 0.15) is 27.2 Å². The molecule has 2 nitrogen and oxygen atoms in total. The summed E-state index contributed by atoms with van der Waals surface area (Å²) in [6.45, 7) is 14.1. The maximum atomic E-state index is 3.78. The third-order valence-electron chi connectivity index (χ3n) is 3.16. The number of nitrogens with zero attached hydrogens (tertiary/aromatic N) is 1. The normalized spacial score (nSPS) is 29.4. The van der Waals surface area contributed by atoms with E-state index in [1.54, 1.807) is 0 Å². The zero-order valence-corrected chi connectivity index (χ0v) is 9.79. The standard InChI is InChI=1S/C12H24N2/c1-5-6-7-14-9-12(10(2)3)13-8-11(14)4/h5,10-13H,1,6-9H2,2-4H3. The van der Waals surface area contributed by atoms with Crippen molar-refractivity contribution in [2.45, 2.75) is 39.3 Å². The Balaban J connectivity index is 2.42. The molecule has 1 fully saturated rings. The topological polar surface area (TPSA) is 15.3 Å². The van der Waals surface area contributed by atoms with E-state index in [2.05, 4.69) is 37.6 Å². The summed E-state index contributed by atoms with van der Waals surface area (Å²) in [4.78, 5) is 2.57. The predicted molar refractivity (Wildman–Crippen MR) is 62.5 cm³/mol. The molecule has 2 atom stereocenters.